The van der Waals surface area contributed by atoms with E-state index in [0.29, 0.717) is 0 Å². The molecule has 0 bridgehead atoms. The van der Waals surface area contributed by atoms with E-state index < -0.39 is 0 Å². The summed E-state index contributed by atoms with van der Waals surface area (Å²) in [4.78, 5) is 2.41. The highest BCUT2D eigenvalue weighted by Crippen LogP contribution is 2.32. The fourth-order valence-electron chi connectivity index (χ4n) is 1.57. The summed E-state index contributed by atoms with van der Waals surface area (Å²) >= 11 is 11.9. The van der Waals surface area contributed by atoms with Gasteiger partial charge in [0.15, 0.2) is 0 Å². The van der Waals surface area contributed by atoms with Crippen molar-refractivity contribution in [1.82, 2.24) is 4.90 Å². The predicted molar refractivity (Wildman–Crippen MR) is 52.5 cm³/mol. The molecule has 0 aromatic rings. The molecular weight excluding hydrogens is 193 g/mol. The van der Waals surface area contributed by atoms with Gasteiger partial charge in [-0.1, -0.05) is 23.2 Å². The van der Waals surface area contributed by atoms with Crippen LogP contribution in [0.15, 0.2) is 10.1 Å². The first-order chi connectivity index (χ1) is 5.75. The van der Waals surface area contributed by atoms with Crippen LogP contribution in [0.2, 0.25) is 0 Å². The molecule has 0 amide bonds. The van der Waals surface area contributed by atoms with E-state index in [4.69, 9.17) is 23.2 Å². The Hall–Kier alpha value is 0.280. The number of hydrogen-bond acceptors (Lipinski definition) is 1. The van der Waals surface area contributed by atoms with Crippen LogP contribution in [0.3, 0.4) is 0 Å². The van der Waals surface area contributed by atoms with E-state index in [1.54, 1.807) is 0 Å². The van der Waals surface area contributed by atoms with Crippen LogP contribution >= 0.6 is 23.2 Å². The van der Waals surface area contributed by atoms with Crippen molar-refractivity contribution in [2.75, 3.05) is 19.6 Å². The van der Waals surface area contributed by atoms with Gasteiger partial charge in [0, 0.05) is 29.7 Å². The Morgan fingerprint density at radius 2 is 2.00 bits per heavy atom. The third-order valence-electron chi connectivity index (χ3n) is 2.52. The van der Waals surface area contributed by atoms with Crippen molar-refractivity contribution in [3.8, 4) is 0 Å². The normalized spacial score (nSPS) is 26.5. The highest BCUT2D eigenvalue weighted by molar-refractivity contribution is 6.39. The summed E-state index contributed by atoms with van der Waals surface area (Å²) in [7, 11) is 0. The summed E-state index contributed by atoms with van der Waals surface area (Å²) in [5.74, 6) is 0.950. The molecule has 68 valence electrons. The van der Waals surface area contributed by atoms with Gasteiger partial charge in [-0.3, -0.25) is 4.90 Å². The molecule has 2 rings (SSSR count). The SMILES string of the molecule is ClC1=C(Cl)CN(CC2CC2)CC1. The lowest BCUT2D eigenvalue weighted by Crippen LogP contribution is -2.31. The molecule has 0 atom stereocenters. The molecule has 0 radical (unpaired) electrons. The molecule has 1 aliphatic carbocycles. The van der Waals surface area contributed by atoms with Crippen LogP contribution in [0.1, 0.15) is 19.3 Å². The average Bonchev–Trinajstić information content (AvgIpc) is 2.81. The lowest BCUT2D eigenvalue weighted by Gasteiger charge is -2.26. The number of halogens is 2. The molecule has 1 nitrogen and oxygen atoms in total. The van der Waals surface area contributed by atoms with Crippen molar-refractivity contribution in [3.63, 3.8) is 0 Å². The Kier molecular flexibility index (Phi) is 2.63. The largest absolute Gasteiger partial charge is 0.298 e. The molecule has 0 saturated heterocycles. The summed E-state index contributed by atoms with van der Waals surface area (Å²) in [6, 6.07) is 0. The fourth-order valence-corrected chi connectivity index (χ4v) is 1.98. The molecule has 0 aromatic heterocycles. The number of rotatable bonds is 2. The summed E-state index contributed by atoms with van der Waals surface area (Å²) in [6.07, 6.45) is 3.75. The van der Waals surface area contributed by atoms with Crippen LogP contribution in [0.25, 0.3) is 0 Å². The maximum Gasteiger partial charge on any atom is 0.0466 e. The quantitative estimate of drug-likeness (QED) is 0.671. The molecule has 0 unspecified atom stereocenters. The van der Waals surface area contributed by atoms with E-state index in [9.17, 15) is 0 Å². The van der Waals surface area contributed by atoms with Crippen molar-refractivity contribution >= 4 is 23.2 Å². The van der Waals surface area contributed by atoms with Gasteiger partial charge in [-0.2, -0.15) is 0 Å². The summed E-state index contributed by atoms with van der Waals surface area (Å²) in [5.41, 5.74) is 0. The Labute approximate surface area is 83.3 Å². The highest BCUT2D eigenvalue weighted by Gasteiger charge is 2.26. The van der Waals surface area contributed by atoms with Crippen LogP contribution in [0, 0.1) is 5.92 Å². The molecule has 0 N–H and O–H groups in total. The maximum absolute atomic E-state index is 5.97. The van der Waals surface area contributed by atoms with E-state index >= 15 is 0 Å². The Balaban J connectivity index is 1.86. The maximum atomic E-state index is 5.97. The molecule has 3 heteroatoms. The molecule has 2 aliphatic rings. The third kappa shape index (κ3) is 2.15. The summed E-state index contributed by atoms with van der Waals surface area (Å²) in [6.45, 7) is 3.18. The Bertz CT molecular complexity index is 209. The van der Waals surface area contributed by atoms with Crippen LogP contribution in [-0.2, 0) is 0 Å². The topological polar surface area (TPSA) is 3.24 Å². The monoisotopic (exact) mass is 205 g/mol. The minimum absolute atomic E-state index is 0.851. The molecule has 1 heterocycles. The van der Waals surface area contributed by atoms with E-state index in [1.807, 2.05) is 0 Å². The van der Waals surface area contributed by atoms with Gasteiger partial charge < -0.3 is 0 Å². The Morgan fingerprint density at radius 1 is 1.25 bits per heavy atom. The second kappa shape index (κ2) is 3.57. The molecule has 1 saturated carbocycles. The standard InChI is InChI=1S/C9H13Cl2N/c10-8-3-4-12(6-9(8)11)5-7-1-2-7/h7H,1-6H2. The van der Waals surface area contributed by atoms with Crippen LogP contribution in [0.5, 0.6) is 0 Å². The lowest BCUT2D eigenvalue weighted by molar-refractivity contribution is 0.282. The van der Waals surface area contributed by atoms with Gasteiger partial charge in [-0.05, 0) is 25.2 Å². The average molecular weight is 206 g/mol. The third-order valence-corrected chi connectivity index (χ3v) is 3.38. The molecule has 0 spiro atoms. The van der Waals surface area contributed by atoms with Crippen LogP contribution < -0.4 is 0 Å². The summed E-state index contributed by atoms with van der Waals surface area (Å²) < 4.78 is 0. The van der Waals surface area contributed by atoms with Gasteiger partial charge in [-0.15, -0.1) is 0 Å². The zero-order valence-corrected chi connectivity index (χ0v) is 8.53. The zero-order valence-electron chi connectivity index (χ0n) is 7.02. The number of nitrogens with zero attached hydrogens (tertiary/aromatic N) is 1. The fraction of sp³-hybridized carbons (Fsp3) is 0.778. The van der Waals surface area contributed by atoms with Crippen molar-refractivity contribution in [2.24, 2.45) is 5.92 Å². The molecular formula is C9H13Cl2N. The van der Waals surface area contributed by atoms with Gasteiger partial charge in [-0.25, -0.2) is 0 Å². The smallest absolute Gasteiger partial charge is 0.0466 e. The highest BCUT2D eigenvalue weighted by atomic mass is 35.5. The van der Waals surface area contributed by atoms with Gasteiger partial charge in [0.25, 0.3) is 0 Å². The van der Waals surface area contributed by atoms with Crippen molar-refractivity contribution in [3.05, 3.63) is 10.1 Å². The second-order valence-corrected chi connectivity index (χ2v) is 4.65. The van der Waals surface area contributed by atoms with Crippen molar-refractivity contribution in [1.29, 1.82) is 0 Å². The minimum atomic E-state index is 0.851. The van der Waals surface area contributed by atoms with Gasteiger partial charge in [0.1, 0.15) is 0 Å². The predicted octanol–water partition coefficient (Wildman–Crippen LogP) is 2.79. The molecule has 0 aromatic carbocycles. The van der Waals surface area contributed by atoms with Gasteiger partial charge >= 0.3 is 0 Å². The van der Waals surface area contributed by atoms with Gasteiger partial charge in [0.05, 0.1) is 0 Å². The molecule has 1 aliphatic heterocycles. The van der Waals surface area contributed by atoms with Crippen LogP contribution in [0.4, 0.5) is 0 Å². The van der Waals surface area contributed by atoms with Crippen molar-refractivity contribution in [2.45, 2.75) is 19.3 Å². The second-order valence-electron chi connectivity index (χ2n) is 3.74. The summed E-state index contributed by atoms with van der Waals surface area (Å²) in [5, 5.41) is 1.72. The first kappa shape index (κ1) is 8.86. The molecule has 12 heavy (non-hydrogen) atoms. The van der Waals surface area contributed by atoms with Crippen LogP contribution in [-0.4, -0.2) is 24.5 Å². The van der Waals surface area contributed by atoms with Crippen molar-refractivity contribution < 1.29 is 0 Å². The number of hydrogen-bond donors (Lipinski definition) is 0. The van der Waals surface area contributed by atoms with Gasteiger partial charge in [0.2, 0.25) is 0 Å². The molecule has 1 fully saturated rings. The minimum Gasteiger partial charge on any atom is -0.298 e. The van der Waals surface area contributed by atoms with E-state index in [-0.39, 0.29) is 0 Å². The van der Waals surface area contributed by atoms with E-state index in [1.165, 1.54) is 19.4 Å². The first-order valence-electron chi connectivity index (χ1n) is 4.51. The van der Waals surface area contributed by atoms with E-state index in [0.717, 1.165) is 35.5 Å². The van der Waals surface area contributed by atoms with E-state index in [2.05, 4.69) is 4.90 Å². The first-order valence-corrected chi connectivity index (χ1v) is 5.26. The lowest BCUT2D eigenvalue weighted by atomic mass is 10.2. The zero-order chi connectivity index (χ0) is 8.55. The Morgan fingerprint density at radius 3 is 2.58 bits per heavy atom.